The molecule has 2 aromatic carbocycles. The molecule has 2 aromatic rings. The van der Waals surface area contributed by atoms with Crippen LogP contribution >= 0.6 is 11.6 Å². The summed E-state index contributed by atoms with van der Waals surface area (Å²) < 4.78 is 0. The molecule has 156 valence electrons. The summed E-state index contributed by atoms with van der Waals surface area (Å²) in [6, 6.07) is 15.9. The quantitative estimate of drug-likeness (QED) is 0.491. The van der Waals surface area contributed by atoms with Crippen LogP contribution in [0.1, 0.15) is 30.1 Å². The fourth-order valence-electron chi connectivity index (χ4n) is 3.52. The van der Waals surface area contributed by atoms with E-state index in [1.165, 1.54) is 10.5 Å². The Bertz CT molecular complexity index is 792. The topological polar surface area (TPSA) is 84.8 Å². The average Bonchev–Trinajstić information content (AvgIpc) is 2.72. The second-order valence-electron chi connectivity index (χ2n) is 7.41. The maximum atomic E-state index is 11.0. The minimum absolute atomic E-state index is 0.311. The van der Waals surface area contributed by atoms with Gasteiger partial charge in [-0.15, -0.1) is 0 Å². The maximum Gasteiger partial charge on any atom is 0.407 e. The number of rotatable bonds is 8. The minimum atomic E-state index is -0.832. The number of carboxylic acid groups (broad SMARTS) is 1. The van der Waals surface area contributed by atoms with Crippen LogP contribution in [0.3, 0.4) is 0 Å². The van der Waals surface area contributed by atoms with Crippen LogP contribution in [-0.2, 0) is 6.42 Å². The number of piperidine rings is 1. The fourth-order valence-corrected chi connectivity index (χ4v) is 3.72. The highest BCUT2D eigenvalue weighted by Gasteiger charge is 2.21. The Morgan fingerprint density at radius 2 is 1.90 bits per heavy atom. The highest BCUT2D eigenvalue weighted by atomic mass is 35.5. The summed E-state index contributed by atoms with van der Waals surface area (Å²) in [4.78, 5) is 12.4. The van der Waals surface area contributed by atoms with Crippen molar-refractivity contribution < 1.29 is 15.0 Å². The molecule has 1 aliphatic rings. The number of carbonyl (C=O) groups is 1. The summed E-state index contributed by atoms with van der Waals surface area (Å²) in [7, 11) is 0. The molecule has 29 heavy (non-hydrogen) atoms. The summed E-state index contributed by atoms with van der Waals surface area (Å²) in [6.07, 6.45) is 1.12. The lowest BCUT2D eigenvalue weighted by molar-refractivity contribution is 0.134. The van der Waals surface area contributed by atoms with Crippen LogP contribution in [0.25, 0.3) is 0 Å². The Hall–Kier alpha value is -2.28. The molecule has 0 bridgehead atoms. The smallest absolute Gasteiger partial charge is 0.407 e. The molecule has 3 rings (SSSR count). The third-order valence-corrected chi connectivity index (χ3v) is 5.49. The predicted octanol–water partition coefficient (Wildman–Crippen LogP) is 3.76. The molecule has 1 heterocycles. The van der Waals surface area contributed by atoms with E-state index in [0.29, 0.717) is 30.7 Å². The maximum absolute atomic E-state index is 11.0. The van der Waals surface area contributed by atoms with E-state index >= 15 is 0 Å². The monoisotopic (exact) mass is 417 g/mol. The van der Waals surface area contributed by atoms with Crippen molar-refractivity contribution >= 4 is 23.4 Å². The first-order valence-electron chi connectivity index (χ1n) is 9.99. The van der Waals surface area contributed by atoms with Gasteiger partial charge in [0.25, 0.3) is 0 Å². The van der Waals surface area contributed by atoms with Gasteiger partial charge in [-0.2, -0.15) is 0 Å². The van der Waals surface area contributed by atoms with E-state index in [9.17, 15) is 9.90 Å². The second kappa shape index (κ2) is 10.5. The molecule has 1 atom stereocenters. The van der Waals surface area contributed by atoms with Crippen LogP contribution in [0.15, 0.2) is 48.5 Å². The molecule has 0 radical (unpaired) electrons. The summed E-state index contributed by atoms with van der Waals surface area (Å²) >= 11 is 5.96. The number of aliphatic hydroxyl groups is 1. The molecule has 4 N–H and O–H groups in total. The van der Waals surface area contributed by atoms with Crippen molar-refractivity contribution in [1.82, 2.24) is 10.2 Å². The van der Waals surface area contributed by atoms with Gasteiger partial charge in [0, 0.05) is 36.4 Å². The normalized spacial score (nSPS) is 15.9. The van der Waals surface area contributed by atoms with E-state index in [4.69, 9.17) is 16.7 Å². The molecular formula is C22H28ClN3O3. The number of nitrogens with one attached hydrogen (secondary N) is 2. The fraction of sp³-hybridized carbons (Fsp3) is 0.409. The van der Waals surface area contributed by atoms with Gasteiger partial charge in [-0.25, -0.2) is 4.79 Å². The van der Waals surface area contributed by atoms with Crippen molar-refractivity contribution in [3.8, 4) is 0 Å². The largest absolute Gasteiger partial charge is 0.465 e. The number of anilines is 1. The molecule has 1 amide bonds. The molecule has 0 saturated carbocycles. The van der Waals surface area contributed by atoms with Gasteiger partial charge in [0.15, 0.2) is 0 Å². The van der Waals surface area contributed by atoms with Crippen molar-refractivity contribution in [3.63, 3.8) is 0 Å². The molecular weight excluding hydrogens is 390 g/mol. The number of halogens is 1. The highest BCUT2D eigenvalue weighted by Crippen LogP contribution is 2.18. The zero-order chi connectivity index (χ0) is 20.6. The van der Waals surface area contributed by atoms with E-state index in [1.807, 2.05) is 12.1 Å². The number of hydrogen-bond acceptors (Lipinski definition) is 4. The highest BCUT2D eigenvalue weighted by molar-refractivity contribution is 6.30. The number of hydrogen-bond donors (Lipinski definition) is 4. The molecule has 0 aliphatic carbocycles. The zero-order valence-corrected chi connectivity index (χ0v) is 17.1. The summed E-state index contributed by atoms with van der Waals surface area (Å²) in [5, 5.41) is 26.6. The van der Waals surface area contributed by atoms with Crippen LogP contribution in [0.5, 0.6) is 0 Å². The molecule has 6 nitrogen and oxygen atoms in total. The Labute approximate surface area is 176 Å². The van der Waals surface area contributed by atoms with Gasteiger partial charge in [-0.3, -0.25) is 0 Å². The third-order valence-electron chi connectivity index (χ3n) is 5.25. The molecule has 0 spiro atoms. The van der Waals surface area contributed by atoms with Gasteiger partial charge in [-0.1, -0.05) is 35.9 Å². The van der Waals surface area contributed by atoms with Gasteiger partial charge < -0.3 is 25.7 Å². The van der Waals surface area contributed by atoms with Gasteiger partial charge in [0.2, 0.25) is 0 Å². The summed E-state index contributed by atoms with van der Waals surface area (Å²) in [5.74, 6) is 0. The number of aliphatic hydroxyl groups excluding tert-OH is 1. The molecule has 7 heteroatoms. The number of benzene rings is 2. The van der Waals surface area contributed by atoms with Crippen LogP contribution in [-0.4, -0.2) is 53.4 Å². The lowest BCUT2D eigenvalue weighted by Gasteiger charge is -2.31. The summed E-state index contributed by atoms with van der Waals surface area (Å²) in [6.45, 7) is 2.42. The minimum Gasteiger partial charge on any atom is -0.465 e. The van der Waals surface area contributed by atoms with Crippen molar-refractivity contribution in [2.45, 2.75) is 31.4 Å². The second-order valence-corrected chi connectivity index (χ2v) is 7.85. The molecule has 1 aliphatic heterocycles. The van der Waals surface area contributed by atoms with E-state index in [1.54, 1.807) is 12.1 Å². The van der Waals surface area contributed by atoms with Crippen LogP contribution < -0.4 is 10.6 Å². The average molecular weight is 418 g/mol. The predicted molar refractivity (Wildman–Crippen MR) is 116 cm³/mol. The SMILES string of the molecule is O=C(O)N1CCC(Nc2ccc(CCNC[C@H](O)c3cccc(Cl)c3)cc2)CC1. The van der Waals surface area contributed by atoms with Crippen molar-refractivity contribution in [1.29, 1.82) is 0 Å². The van der Waals surface area contributed by atoms with Crippen molar-refractivity contribution in [3.05, 3.63) is 64.7 Å². The number of nitrogens with zero attached hydrogens (tertiary/aromatic N) is 1. The van der Waals surface area contributed by atoms with Crippen molar-refractivity contribution in [2.24, 2.45) is 0 Å². The van der Waals surface area contributed by atoms with Gasteiger partial charge in [-0.05, 0) is 61.2 Å². The molecule has 0 aromatic heterocycles. The van der Waals surface area contributed by atoms with Crippen LogP contribution in [0.2, 0.25) is 5.02 Å². The van der Waals surface area contributed by atoms with Crippen LogP contribution in [0, 0.1) is 0 Å². The van der Waals surface area contributed by atoms with Gasteiger partial charge >= 0.3 is 6.09 Å². The van der Waals surface area contributed by atoms with Gasteiger partial charge in [0.05, 0.1) is 6.10 Å². The van der Waals surface area contributed by atoms with E-state index < -0.39 is 12.2 Å². The van der Waals surface area contributed by atoms with Crippen molar-refractivity contribution in [2.75, 3.05) is 31.5 Å². The Balaban J connectivity index is 1.37. The number of likely N-dealkylation sites (tertiary alicyclic amines) is 1. The van der Waals surface area contributed by atoms with Gasteiger partial charge in [0.1, 0.15) is 0 Å². The summed E-state index contributed by atoms with van der Waals surface area (Å²) in [5.41, 5.74) is 3.10. The van der Waals surface area contributed by atoms with E-state index in [2.05, 4.69) is 34.9 Å². The molecule has 1 saturated heterocycles. The first-order chi connectivity index (χ1) is 14.0. The standard InChI is InChI=1S/C22H28ClN3O3/c23-18-3-1-2-17(14-18)21(27)15-24-11-8-16-4-6-19(7-5-16)25-20-9-12-26(13-10-20)22(28)29/h1-7,14,20-21,24-25,27H,8-13,15H2,(H,28,29)/t21-/m0/s1. The third kappa shape index (κ3) is 6.63. The molecule has 1 fully saturated rings. The Morgan fingerprint density at radius 3 is 2.55 bits per heavy atom. The first-order valence-corrected chi connectivity index (χ1v) is 10.4. The zero-order valence-electron chi connectivity index (χ0n) is 16.4. The number of amides is 1. The van der Waals surface area contributed by atoms with Crippen LogP contribution in [0.4, 0.5) is 10.5 Å². The first kappa shape index (κ1) is 21.4. The lowest BCUT2D eigenvalue weighted by atomic mass is 10.0. The molecule has 0 unspecified atom stereocenters. The lowest BCUT2D eigenvalue weighted by Crippen LogP contribution is -2.41. The Morgan fingerprint density at radius 1 is 1.17 bits per heavy atom. The van der Waals surface area contributed by atoms with E-state index in [0.717, 1.165) is 37.1 Å². The Kier molecular flexibility index (Phi) is 7.75. The van der Waals surface area contributed by atoms with E-state index in [-0.39, 0.29) is 0 Å².